The van der Waals surface area contributed by atoms with Gasteiger partial charge in [-0.05, 0) is 37.8 Å². The van der Waals surface area contributed by atoms with Gasteiger partial charge >= 0.3 is 0 Å². The van der Waals surface area contributed by atoms with Crippen molar-refractivity contribution in [1.29, 1.82) is 0 Å². The lowest BCUT2D eigenvalue weighted by Crippen LogP contribution is -2.33. The molecule has 1 saturated carbocycles. The first kappa shape index (κ1) is 15.7. The summed E-state index contributed by atoms with van der Waals surface area (Å²) in [5, 5.41) is 11.7. The van der Waals surface area contributed by atoms with E-state index >= 15 is 0 Å². The number of hydrogen-bond donors (Lipinski definition) is 3. The van der Waals surface area contributed by atoms with Gasteiger partial charge < -0.3 is 20.9 Å². The number of phenolic OH excluding ortho intramolecular Hbond substituents is 1. The van der Waals surface area contributed by atoms with E-state index in [4.69, 9.17) is 15.6 Å². The van der Waals surface area contributed by atoms with Gasteiger partial charge in [0.2, 0.25) is 0 Å². The molecule has 2 rings (SSSR count). The Kier molecular flexibility index (Phi) is 5.52. The molecule has 1 aromatic rings. The molecule has 1 amide bonds. The van der Waals surface area contributed by atoms with E-state index in [0.717, 1.165) is 31.7 Å². The lowest BCUT2D eigenvalue weighted by Gasteiger charge is -2.26. The highest BCUT2D eigenvalue weighted by molar-refractivity contribution is 5.94. The minimum Gasteiger partial charge on any atom is -0.508 e. The van der Waals surface area contributed by atoms with Crippen molar-refractivity contribution in [2.24, 2.45) is 5.73 Å². The standard InChI is InChI=1S/C15H21FN2O3/c16-14-9-11(19)3-6-13(14)15(20)18-7-8-21-12-4-1-10(17)2-5-12/h3,6,9-10,12,19H,1-2,4-5,7-8,17H2,(H,18,20). The maximum absolute atomic E-state index is 13.5. The molecule has 0 aromatic heterocycles. The molecule has 1 fully saturated rings. The lowest BCUT2D eigenvalue weighted by atomic mass is 9.94. The third-order valence-corrected chi connectivity index (χ3v) is 3.66. The van der Waals surface area contributed by atoms with Gasteiger partial charge in [-0.2, -0.15) is 0 Å². The van der Waals surface area contributed by atoms with Crippen molar-refractivity contribution in [2.45, 2.75) is 37.8 Å². The van der Waals surface area contributed by atoms with Crippen LogP contribution in [0, 0.1) is 5.82 Å². The molecule has 116 valence electrons. The van der Waals surface area contributed by atoms with Gasteiger partial charge in [-0.25, -0.2) is 4.39 Å². The van der Waals surface area contributed by atoms with Crippen LogP contribution in [0.1, 0.15) is 36.0 Å². The second-order valence-corrected chi connectivity index (χ2v) is 5.33. The third kappa shape index (κ3) is 4.68. The fraction of sp³-hybridized carbons (Fsp3) is 0.533. The maximum atomic E-state index is 13.5. The summed E-state index contributed by atoms with van der Waals surface area (Å²) in [4.78, 5) is 11.8. The van der Waals surface area contributed by atoms with Gasteiger partial charge in [0, 0.05) is 18.7 Å². The molecule has 4 N–H and O–H groups in total. The number of nitrogens with two attached hydrogens (primary N) is 1. The topological polar surface area (TPSA) is 84.6 Å². The Bertz CT molecular complexity index is 488. The number of phenols is 1. The number of nitrogens with one attached hydrogen (secondary N) is 1. The number of halogens is 1. The Hall–Kier alpha value is -1.66. The van der Waals surface area contributed by atoms with Crippen molar-refractivity contribution < 1.29 is 19.0 Å². The van der Waals surface area contributed by atoms with Crippen LogP contribution in [0.15, 0.2) is 18.2 Å². The molecule has 1 aliphatic rings. The zero-order chi connectivity index (χ0) is 15.2. The number of rotatable bonds is 5. The highest BCUT2D eigenvalue weighted by Gasteiger charge is 2.18. The van der Waals surface area contributed by atoms with Crippen LogP contribution in [0.3, 0.4) is 0 Å². The van der Waals surface area contributed by atoms with Gasteiger partial charge in [-0.3, -0.25) is 4.79 Å². The summed E-state index contributed by atoms with van der Waals surface area (Å²) in [7, 11) is 0. The molecule has 0 aliphatic heterocycles. The Balaban J connectivity index is 1.69. The van der Waals surface area contributed by atoms with Gasteiger partial charge in [-0.1, -0.05) is 0 Å². The van der Waals surface area contributed by atoms with E-state index in [-0.39, 0.29) is 23.5 Å². The van der Waals surface area contributed by atoms with Crippen LogP contribution in [-0.2, 0) is 4.74 Å². The summed E-state index contributed by atoms with van der Waals surface area (Å²) >= 11 is 0. The van der Waals surface area contributed by atoms with Crippen molar-refractivity contribution in [3.8, 4) is 5.75 Å². The SMILES string of the molecule is NC1CCC(OCCNC(=O)c2ccc(O)cc2F)CC1. The number of carbonyl (C=O) groups excluding carboxylic acids is 1. The van der Waals surface area contributed by atoms with Gasteiger partial charge in [0.1, 0.15) is 11.6 Å². The number of benzene rings is 1. The summed E-state index contributed by atoms with van der Waals surface area (Å²) in [6, 6.07) is 3.72. The first-order chi connectivity index (χ1) is 10.1. The van der Waals surface area contributed by atoms with Crippen LogP contribution in [0.2, 0.25) is 0 Å². The quantitative estimate of drug-likeness (QED) is 0.720. The minimum absolute atomic E-state index is 0.0866. The average molecular weight is 296 g/mol. The molecule has 5 nitrogen and oxygen atoms in total. The molecule has 0 heterocycles. The monoisotopic (exact) mass is 296 g/mol. The summed E-state index contributed by atoms with van der Waals surface area (Å²) < 4.78 is 19.1. The Morgan fingerprint density at radius 3 is 2.76 bits per heavy atom. The first-order valence-electron chi connectivity index (χ1n) is 7.20. The molecule has 1 aliphatic carbocycles. The van der Waals surface area contributed by atoms with Crippen LogP contribution >= 0.6 is 0 Å². The molecule has 0 atom stereocenters. The Morgan fingerprint density at radius 2 is 2.10 bits per heavy atom. The van der Waals surface area contributed by atoms with E-state index in [2.05, 4.69) is 5.32 Å². The molecule has 0 bridgehead atoms. The second kappa shape index (κ2) is 7.38. The van der Waals surface area contributed by atoms with Crippen molar-refractivity contribution in [3.63, 3.8) is 0 Å². The van der Waals surface area contributed by atoms with Crippen molar-refractivity contribution >= 4 is 5.91 Å². The maximum Gasteiger partial charge on any atom is 0.254 e. The molecular weight excluding hydrogens is 275 g/mol. The normalized spacial score (nSPS) is 22.0. The van der Waals surface area contributed by atoms with Crippen molar-refractivity contribution in [3.05, 3.63) is 29.6 Å². The molecule has 6 heteroatoms. The zero-order valence-electron chi connectivity index (χ0n) is 11.8. The summed E-state index contributed by atoms with van der Waals surface area (Å²) in [5.41, 5.74) is 5.73. The van der Waals surface area contributed by atoms with E-state index in [1.54, 1.807) is 0 Å². The number of amides is 1. The zero-order valence-corrected chi connectivity index (χ0v) is 11.8. The first-order valence-corrected chi connectivity index (χ1v) is 7.20. The minimum atomic E-state index is -0.741. The van der Waals surface area contributed by atoms with Crippen LogP contribution < -0.4 is 11.1 Å². The number of hydrogen-bond acceptors (Lipinski definition) is 4. The highest BCUT2D eigenvalue weighted by atomic mass is 19.1. The van der Waals surface area contributed by atoms with E-state index in [1.807, 2.05) is 0 Å². The van der Waals surface area contributed by atoms with Gasteiger partial charge in [0.15, 0.2) is 0 Å². The molecule has 0 saturated heterocycles. The van der Waals surface area contributed by atoms with Crippen LogP contribution in [0.25, 0.3) is 0 Å². The number of carbonyl (C=O) groups is 1. The van der Waals surface area contributed by atoms with Gasteiger partial charge in [0.25, 0.3) is 5.91 Å². The molecule has 0 spiro atoms. The van der Waals surface area contributed by atoms with E-state index in [1.165, 1.54) is 12.1 Å². The second-order valence-electron chi connectivity index (χ2n) is 5.33. The van der Waals surface area contributed by atoms with E-state index in [9.17, 15) is 9.18 Å². The highest BCUT2D eigenvalue weighted by Crippen LogP contribution is 2.19. The largest absolute Gasteiger partial charge is 0.508 e. The van der Waals surface area contributed by atoms with E-state index < -0.39 is 11.7 Å². The van der Waals surface area contributed by atoms with Crippen molar-refractivity contribution in [2.75, 3.05) is 13.2 Å². The van der Waals surface area contributed by atoms with E-state index in [0.29, 0.717) is 13.2 Å². The number of aromatic hydroxyl groups is 1. The molecule has 0 unspecified atom stereocenters. The molecule has 21 heavy (non-hydrogen) atoms. The Labute approximate surface area is 123 Å². The van der Waals surface area contributed by atoms with Crippen LogP contribution in [0.4, 0.5) is 4.39 Å². The summed E-state index contributed by atoms with van der Waals surface area (Å²) in [5.74, 6) is -1.46. The van der Waals surface area contributed by atoms with Gasteiger partial charge in [0.05, 0.1) is 18.3 Å². The average Bonchev–Trinajstić information content (AvgIpc) is 2.45. The fourth-order valence-corrected chi connectivity index (χ4v) is 2.43. The predicted octanol–water partition coefficient (Wildman–Crippen LogP) is 1.55. The third-order valence-electron chi connectivity index (χ3n) is 3.66. The fourth-order valence-electron chi connectivity index (χ4n) is 2.43. The molecule has 1 aromatic carbocycles. The summed E-state index contributed by atoms with van der Waals surface area (Å²) in [6.07, 6.45) is 4.03. The Morgan fingerprint density at radius 1 is 1.38 bits per heavy atom. The smallest absolute Gasteiger partial charge is 0.254 e. The predicted molar refractivity (Wildman–Crippen MR) is 76.6 cm³/mol. The van der Waals surface area contributed by atoms with Crippen molar-refractivity contribution in [1.82, 2.24) is 5.32 Å². The van der Waals surface area contributed by atoms with Gasteiger partial charge in [-0.15, -0.1) is 0 Å². The van der Waals surface area contributed by atoms with Crippen LogP contribution in [0.5, 0.6) is 5.75 Å². The number of ether oxygens (including phenoxy) is 1. The lowest BCUT2D eigenvalue weighted by molar-refractivity contribution is 0.0267. The molecule has 0 radical (unpaired) electrons. The summed E-state index contributed by atoms with van der Waals surface area (Å²) in [6.45, 7) is 0.715. The molecular formula is C15H21FN2O3. The van der Waals surface area contributed by atoms with Crippen LogP contribution in [-0.4, -0.2) is 36.3 Å².